The third kappa shape index (κ3) is 2.49. The fourth-order valence-electron chi connectivity index (χ4n) is 1.63. The summed E-state index contributed by atoms with van der Waals surface area (Å²) in [5.74, 6) is 1.39. The van der Waals surface area contributed by atoms with Gasteiger partial charge in [0.25, 0.3) is 0 Å². The van der Waals surface area contributed by atoms with Crippen LogP contribution in [0.2, 0.25) is 0 Å². The summed E-state index contributed by atoms with van der Waals surface area (Å²) in [6, 6.07) is 9.95. The summed E-state index contributed by atoms with van der Waals surface area (Å²) in [7, 11) is 0. The molecule has 0 fully saturated rings. The van der Waals surface area contributed by atoms with Crippen LogP contribution in [0.25, 0.3) is 0 Å². The van der Waals surface area contributed by atoms with Crippen molar-refractivity contribution in [1.82, 2.24) is 0 Å². The number of furan rings is 1. The van der Waals surface area contributed by atoms with Crippen LogP contribution >= 0.6 is 0 Å². The molecule has 0 saturated heterocycles. The van der Waals surface area contributed by atoms with Gasteiger partial charge in [-0.3, -0.25) is 0 Å². The summed E-state index contributed by atoms with van der Waals surface area (Å²) in [4.78, 5) is 0. The summed E-state index contributed by atoms with van der Waals surface area (Å²) in [6.07, 6.45) is 0.646. The molecular formula is C13H14FNO. The van der Waals surface area contributed by atoms with Crippen LogP contribution in [-0.2, 0) is 6.42 Å². The molecule has 0 aliphatic carbocycles. The Hall–Kier alpha value is -1.61. The minimum atomic E-state index is -0.230. The molecule has 1 aromatic carbocycles. The first kappa shape index (κ1) is 10.9. The largest absolute Gasteiger partial charge is 0.465 e. The summed E-state index contributed by atoms with van der Waals surface area (Å²) in [6.45, 7) is 1.88. The third-order valence-corrected chi connectivity index (χ3v) is 2.50. The number of rotatable bonds is 3. The zero-order chi connectivity index (χ0) is 11.5. The molecule has 0 saturated carbocycles. The van der Waals surface area contributed by atoms with E-state index in [1.807, 2.05) is 19.1 Å². The highest BCUT2D eigenvalue weighted by molar-refractivity contribution is 5.19. The Morgan fingerprint density at radius 1 is 1.19 bits per heavy atom. The molecule has 1 heterocycles. The molecule has 16 heavy (non-hydrogen) atoms. The van der Waals surface area contributed by atoms with Gasteiger partial charge < -0.3 is 10.2 Å². The van der Waals surface area contributed by atoms with E-state index in [9.17, 15) is 4.39 Å². The molecule has 1 unspecified atom stereocenters. The van der Waals surface area contributed by atoms with Crippen molar-refractivity contribution in [2.75, 3.05) is 0 Å². The molecule has 84 valence electrons. The number of hydrogen-bond donors (Lipinski definition) is 1. The Bertz CT molecular complexity index is 461. The molecule has 3 heteroatoms. The average molecular weight is 219 g/mol. The molecule has 2 rings (SSSR count). The molecule has 0 spiro atoms. The van der Waals surface area contributed by atoms with E-state index in [1.54, 1.807) is 12.1 Å². The van der Waals surface area contributed by atoms with Crippen molar-refractivity contribution in [2.24, 2.45) is 5.73 Å². The lowest BCUT2D eigenvalue weighted by Crippen LogP contribution is -2.12. The number of aryl methyl sites for hydroxylation is 1. The zero-order valence-electron chi connectivity index (χ0n) is 9.11. The highest BCUT2D eigenvalue weighted by Crippen LogP contribution is 2.18. The van der Waals surface area contributed by atoms with Gasteiger partial charge in [-0.2, -0.15) is 0 Å². The molecule has 0 aliphatic heterocycles. The van der Waals surface area contributed by atoms with Gasteiger partial charge in [-0.1, -0.05) is 12.1 Å². The van der Waals surface area contributed by atoms with Crippen LogP contribution in [-0.4, -0.2) is 0 Å². The van der Waals surface area contributed by atoms with Crippen LogP contribution in [0, 0.1) is 12.7 Å². The lowest BCUT2D eigenvalue weighted by Gasteiger charge is -2.08. The smallest absolute Gasteiger partial charge is 0.123 e. The Morgan fingerprint density at radius 3 is 2.44 bits per heavy atom. The molecule has 0 radical (unpaired) electrons. The first-order valence-electron chi connectivity index (χ1n) is 5.21. The van der Waals surface area contributed by atoms with Crippen molar-refractivity contribution in [3.05, 3.63) is 59.3 Å². The monoisotopic (exact) mass is 219 g/mol. The predicted octanol–water partition coefficient (Wildman–Crippen LogP) is 2.97. The van der Waals surface area contributed by atoms with Crippen LogP contribution in [0.4, 0.5) is 4.39 Å². The van der Waals surface area contributed by atoms with Crippen molar-refractivity contribution >= 4 is 0 Å². The maximum Gasteiger partial charge on any atom is 0.123 e. The SMILES string of the molecule is Cc1ccc(C(N)Cc2ccc(F)cc2)o1. The Balaban J connectivity index is 2.07. The number of nitrogens with two attached hydrogens (primary N) is 1. The molecule has 0 aliphatic rings. The van der Waals surface area contributed by atoms with Gasteiger partial charge in [-0.05, 0) is 43.2 Å². The highest BCUT2D eigenvalue weighted by atomic mass is 19.1. The number of hydrogen-bond acceptors (Lipinski definition) is 2. The van der Waals surface area contributed by atoms with Crippen LogP contribution in [0.5, 0.6) is 0 Å². The van der Waals surface area contributed by atoms with E-state index >= 15 is 0 Å². The minimum absolute atomic E-state index is 0.181. The topological polar surface area (TPSA) is 39.2 Å². The van der Waals surface area contributed by atoms with Gasteiger partial charge in [0, 0.05) is 0 Å². The van der Waals surface area contributed by atoms with Crippen molar-refractivity contribution in [3.63, 3.8) is 0 Å². The van der Waals surface area contributed by atoms with E-state index in [-0.39, 0.29) is 11.9 Å². The standard InChI is InChI=1S/C13H14FNO/c1-9-2-7-13(16-9)12(15)8-10-3-5-11(14)6-4-10/h2-7,12H,8,15H2,1H3. The van der Waals surface area contributed by atoms with Gasteiger partial charge >= 0.3 is 0 Å². The molecule has 1 atom stereocenters. The first-order valence-corrected chi connectivity index (χ1v) is 5.21. The zero-order valence-corrected chi connectivity index (χ0v) is 9.11. The molecule has 1 aromatic heterocycles. The van der Waals surface area contributed by atoms with Gasteiger partial charge in [0.05, 0.1) is 6.04 Å². The van der Waals surface area contributed by atoms with E-state index in [0.29, 0.717) is 6.42 Å². The van der Waals surface area contributed by atoms with Crippen molar-refractivity contribution < 1.29 is 8.81 Å². The van der Waals surface area contributed by atoms with Gasteiger partial charge in [-0.25, -0.2) is 4.39 Å². The normalized spacial score (nSPS) is 12.7. The first-order chi connectivity index (χ1) is 7.65. The van der Waals surface area contributed by atoms with E-state index in [2.05, 4.69) is 0 Å². The van der Waals surface area contributed by atoms with Gasteiger partial charge in [0.15, 0.2) is 0 Å². The average Bonchev–Trinajstić information content (AvgIpc) is 2.68. The molecule has 0 amide bonds. The molecule has 0 bridgehead atoms. The molecule has 2 nitrogen and oxygen atoms in total. The van der Waals surface area contributed by atoms with Crippen molar-refractivity contribution in [3.8, 4) is 0 Å². The van der Waals surface area contributed by atoms with Gasteiger partial charge in [0.1, 0.15) is 17.3 Å². The Morgan fingerprint density at radius 2 is 1.88 bits per heavy atom. The highest BCUT2D eigenvalue weighted by Gasteiger charge is 2.10. The lowest BCUT2D eigenvalue weighted by molar-refractivity contribution is 0.445. The second kappa shape index (κ2) is 4.49. The summed E-state index contributed by atoms with van der Waals surface area (Å²) in [5, 5.41) is 0. The molecule has 2 aromatic rings. The second-order valence-electron chi connectivity index (χ2n) is 3.89. The van der Waals surface area contributed by atoms with E-state index in [0.717, 1.165) is 17.1 Å². The lowest BCUT2D eigenvalue weighted by atomic mass is 10.1. The van der Waals surface area contributed by atoms with Gasteiger partial charge in [0.2, 0.25) is 0 Å². The summed E-state index contributed by atoms with van der Waals surface area (Å²) < 4.78 is 18.1. The Kier molecular flexibility index (Phi) is 3.06. The predicted molar refractivity (Wildman–Crippen MR) is 60.5 cm³/mol. The Labute approximate surface area is 93.9 Å². The van der Waals surface area contributed by atoms with E-state index in [4.69, 9.17) is 10.2 Å². The van der Waals surface area contributed by atoms with E-state index < -0.39 is 0 Å². The fourth-order valence-corrected chi connectivity index (χ4v) is 1.63. The van der Waals surface area contributed by atoms with Crippen LogP contribution < -0.4 is 5.73 Å². The fraction of sp³-hybridized carbons (Fsp3) is 0.231. The maximum atomic E-state index is 12.7. The number of benzene rings is 1. The summed E-state index contributed by atoms with van der Waals surface area (Å²) >= 11 is 0. The second-order valence-corrected chi connectivity index (χ2v) is 3.89. The summed E-state index contributed by atoms with van der Waals surface area (Å²) in [5.41, 5.74) is 6.99. The molecular weight excluding hydrogens is 205 g/mol. The van der Waals surface area contributed by atoms with E-state index in [1.165, 1.54) is 12.1 Å². The van der Waals surface area contributed by atoms with Crippen LogP contribution in [0.15, 0.2) is 40.8 Å². The maximum absolute atomic E-state index is 12.7. The van der Waals surface area contributed by atoms with Gasteiger partial charge in [-0.15, -0.1) is 0 Å². The van der Waals surface area contributed by atoms with Crippen LogP contribution in [0.3, 0.4) is 0 Å². The van der Waals surface area contributed by atoms with Crippen molar-refractivity contribution in [2.45, 2.75) is 19.4 Å². The minimum Gasteiger partial charge on any atom is -0.465 e. The third-order valence-electron chi connectivity index (χ3n) is 2.50. The van der Waals surface area contributed by atoms with Crippen molar-refractivity contribution in [1.29, 1.82) is 0 Å². The molecule has 2 N–H and O–H groups in total. The van der Waals surface area contributed by atoms with Crippen LogP contribution in [0.1, 0.15) is 23.1 Å². The number of halogens is 1. The quantitative estimate of drug-likeness (QED) is 0.861.